The minimum absolute atomic E-state index is 0.0975. The van der Waals surface area contributed by atoms with E-state index in [4.69, 9.17) is 28.2 Å². The van der Waals surface area contributed by atoms with Crippen LogP contribution >= 0.6 is 23.2 Å². The van der Waals surface area contributed by atoms with E-state index in [9.17, 15) is 13.2 Å². The molecule has 1 aromatic heterocycles. The predicted molar refractivity (Wildman–Crippen MR) is 181 cm³/mol. The molecule has 1 aliphatic rings. The van der Waals surface area contributed by atoms with E-state index in [1.165, 1.54) is 5.56 Å². The minimum Gasteiger partial charge on any atom is -0.303 e. The summed E-state index contributed by atoms with van der Waals surface area (Å²) < 4.78 is 30.2. The second kappa shape index (κ2) is 11.7. The van der Waals surface area contributed by atoms with Gasteiger partial charge >= 0.3 is 10.2 Å². The SMILES string of the molecule is CC1C(=O)NS(=O)(=O)N1c1ccc(-n2cc(-c3ccc(Cl)cc3Cl)nc2Cc2ccc(-c3ccc(C(C)(C)C)cc3)cc2)cc1. The standard InChI is InChI=1S/C35H32Cl2N4O3S/c1-22-34(42)39-45(43,44)41(22)29-16-14-28(15-17-29)40-21-32(30-18-13-27(36)20-31(30)37)38-33(40)19-23-5-7-24(8-6-23)25-9-11-26(12-10-25)35(2,3)4/h5-18,20-22H,19H2,1-4H3,(H,39,42). The Labute approximate surface area is 273 Å². The zero-order valence-electron chi connectivity index (χ0n) is 25.3. The van der Waals surface area contributed by atoms with Crippen molar-refractivity contribution in [2.45, 2.75) is 45.6 Å². The van der Waals surface area contributed by atoms with Gasteiger partial charge < -0.3 is 4.57 Å². The van der Waals surface area contributed by atoms with Crippen LogP contribution in [-0.4, -0.2) is 29.9 Å². The lowest BCUT2D eigenvalue weighted by Gasteiger charge is -2.19. The van der Waals surface area contributed by atoms with Crippen molar-refractivity contribution in [1.82, 2.24) is 14.3 Å². The summed E-state index contributed by atoms with van der Waals surface area (Å²) >= 11 is 12.7. The molecule has 0 bridgehead atoms. The molecular formula is C35H32Cl2N4O3S. The molecule has 0 radical (unpaired) electrons. The van der Waals surface area contributed by atoms with Gasteiger partial charge in [0.1, 0.15) is 11.9 Å². The first-order valence-electron chi connectivity index (χ1n) is 14.5. The topological polar surface area (TPSA) is 84.3 Å². The number of imidazole rings is 1. The maximum absolute atomic E-state index is 12.5. The normalized spacial score (nSPS) is 16.2. The molecule has 1 saturated heterocycles. The Morgan fingerprint density at radius 3 is 2.00 bits per heavy atom. The Balaban J connectivity index is 1.33. The van der Waals surface area contributed by atoms with Gasteiger partial charge in [-0.2, -0.15) is 8.42 Å². The molecule has 1 aliphatic heterocycles. The highest BCUT2D eigenvalue weighted by Crippen LogP contribution is 2.33. The lowest BCUT2D eigenvalue weighted by atomic mass is 9.86. The number of amides is 1. The van der Waals surface area contributed by atoms with Gasteiger partial charge in [-0.1, -0.05) is 92.5 Å². The van der Waals surface area contributed by atoms with Crippen LogP contribution in [0.15, 0.2) is 97.2 Å². The van der Waals surface area contributed by atoms with Gasteiger partial charge in [0.25, 0.3) is 5.91 Å². The number of hydrogen-bond acceptors (Lipinski definition) is 4. The van der Waals surface area contributed by atoms with Gasteiger partial charge in [-0.3, -0.25) is 4.79 Å². The molecule has 1 atom stereocenters. The molecule has 1 unspecified atom stereocenters. The third kappa shape index (κ3) is 6.23. The zero-order chi connectivity index (χ0) is 32.1. The summed E-state index contributed by atoms with van der Waals surface area (Å²) in [6.07, 6.45) is 2.44. The summed E-state index contributed by atoms with van der Waals surface area (Å²) in [5.41, 5.74) is 7.33. The quantitative estimate of drug-likeness (QED) is 0.201. The van der Waals surface area contributed by atoms with Crippen LogP contribution in [0, 0.1) is 0 Å². The molecular weight excluding hydrogens is 627 g/mol. The molecule has 7 nitrogen and oxygen atoms in total. The van der Waals surface area contributed by atoms with Gasteiger partial charge in [0.05, 0.1) is 16.4 Å². The first-order chi connectivity index (χ1) is 21.3. The zero-order valence-corrected chi connectivity index (χ0v) is 27.6. The smallest absolute Gasteiger partial charge is 0.303 e. The largest absolute Gasteiger partial charge is 0.326 e. The van der Waals surface area contributed by atoms with Crippen LogP contribution < -0.4 is 9.03 Å². The highest BCUT2D eigenvalue weighted by atomic mass is 35.5. The highest BCUT2D eigenvalue weighted by molar-refractivity contribution is 7.92. The fourth-order valence-corrected chi connectivity index (χ4v) is 7.39. The Hall–Kier alpha value is -4.11. The van der Waals surface area contributed by atoms with Crippen LogP contribution in [0.3, 0.4) is 0 Å². The Bertz CT molecular complexity index is 2000. The van der Waals surface area contributed by atoms with Crippen LogP contribution in [0.5, 0.6) is 0 Å². The molecule has 6 rings (SSSR count). The van der Waals surface area contributed by atoms with Crippen molar-refractivity contribution in [3.8, 4) is 28.1 Å². The number of carbonyl (C=O) groups excluding carboxylic acids is 1. The summed E-state index contributed by atoms with van der Waals surface area (Å²) in [6.45, 7) is 8.17. The summed E-state index contributed by atoms with van der Waals surface area (Å²) in [5.74, 6) is 0.207. The molecule has 10 heteroatoms. The average Bonchev–Trinajstić information content (AvgIpc) is 3.49. The monoisotopic (exact) mass is 658 g/mol. The Morgan fingerprint density at radius 2 is 1.44 bits per heavy atom. The number of rotatable bonds is 6. The molecule has 1 fully saturated rings. The van der Waals surface area contributed by atoms with E-state index >= 15 is 0 Å². The number of aromatic nitrogens is 2. The highest BCUT2D eigenvalue weighted by Gasteiger charge is 2.41. The lowest BCUT2D eigenvalue weighted by Crippen LogP contribution is -2.33. The number of halogens is 2. The van der Waals surface area contributed by atoms with Crippen molar-refractivity contribution < 1.29 is 13.2 Å². The van der Waals surface area contributed by atoms with Gasteiger partial charge in [-0.15, -0.1) is 0 Å². The Kier molecular flexibility index (Phi) is 8.01. The molecule has 1 amide bonds. The number of hydrogen-bond donors (Lipinski definition) is 1. The third-order valence-corrected chi connectivity index (χ3v) is 10.0. The van der Waals surface area contributed by atoms with Gasteiger partial charge in [-0.25, -0.2) is 14.0 Å². The molecule has 1 N–H and O–H groups in total. The van der Waals surface area contributed by atoms with Gasteiger partial charge in [-0.05, 0) is 77.1 Å². The van der Waals surface area contributed by atoms with Gasteiger partial charge in [0, 0.05) is 28.9 Å². The van der Waals surface area contributed by atoms with Crippen molar-refractivity contribution in [2.24, 2.45) is 0 Å². The first kappa shape index (κ1) is 30.9. The Morgan fingerprint density at radius 1 is 0.844 bits per heavy atom. The second-order valence-corrected chi connectivity index (χ2v) is 14.6. The summed E-state index contributed by atoms with van der Waals surface area (Å²) in [7, 11) is -3.95. The van der Waals surface area contributed by atoms with Crippen molar-refractivity contribution >= 4 is 45.0 Å². The van der Waals surface area contributed by atoms with E-state index in [1.54, 1.807) is 31.2 Å². The molecule has 2 heterocycles. The molecule has 0 saturated carbocycles. The number of nitrogens with one attached hydrogen (secondary N) is 1. The first-order valence-corrected chi connectivity index (χ1v) is 16.7. The van der Waals surface area contributed by atoms with Gasteiger partial charge in [0.2, 0.25) is 0 Å². The predicted octanol–water partition coefficient (Wildman–Crippen LogP) is 7.97. The number of benzene rings is 4. The van der Waals surface area contributed by atoms with Crippen molar-refractivity contribution in [1.29, 1.82) is 0 Å². The molecule has 0 aliphatic carbocycles. The van der Waals surface area contributed by atoms with E-state index in [0.29, 0.717) is 27.8 Å². The molecule has 230 valence electrons. The maximum atomic E-state index is 12.5. The minimum atomic E-state index is -3.95. The second-order valence-electron chi connectivity index (χ2n) is 12.2. The fourth-order valence-electron chi connectivity index (χ4n) is 5.45. The van der Waals surface area contributed by atoms with Crippen molar-refractivity contribution in [3.63, 3.8) is 0 Å². The van der Waals surface area contributed by atoms with Crippen LogP contribution in [-0.2, 0) is 26.8 Å². The number of anilines is 1. The van der Waals surface area contributed by atoms with Crippen LogP contribution in [0.1, 0.15) is 44.6 Å². The summed E-state index contributed by atoms with van der Waals surface area (Å²) in [6, 6.07) is 28.6. The molecule has 45 heavy (non-hydrogen) atoms. The van der Waals surface area contributed by atoms with E-state index in [0.717, 1.165) is 38.1 Å². The number of nitrogens with zero attached hydrogens (tertiary/aromatic N) is 3. The van der Waals surface area contributed by atoms with E-state index in [1.807, 2.05) is 33.7 Å². The van der Waals surface area contributed by atoms with Crippen LogP contribution in [0.2, 0.25) is 10.0 Å². The lowest BCUT2D eigenvalue weighted by molar-refractivity contribution is -0.119. The van der Waals surface area contributed by atoms with E-state index < -0.39 is 22.2 Å². The fraction of sp³-hybridized carbons (Fsp3) is 0.200. The van der Waals surface area contributed by atoms with Crippen molar-refractivity contribution in [3.05, 3.63) is 124 Å². The van der Waals surface area contributed by atoms with E-state index in [-0.39, 0.29) is 5.41 Å². The third-order valence-electron chi connectivity index (χ3n) is 7.99. The average molecular weight is 660 g/mol. The number of carbonyl (C=O) groups is 1. The molecule has 0 spiro atoms. The van der Waals surface area contributed by atoms with E-state index in [2.05, 4.69) is 69.3 Å². The maximum Gasteiger partial charge on any atom is 0.326 e. The van der Waals surface area contributed by atoms with Gasteiger partial charge in [0.15, 0.2) is 0 Å². The molecule has 4 aromatic carbocycles. The summed E-state index contributed by atoms with van der Waals surface area (Å²) in [5, 5.41) is 1.02. The molecule has 5 aromatic rings. The van der Waals surface area contributed by atoms with Crippen molar-refractivity contribution in [2.75, 3.05) is 4.31 Å². The van der Waals surface area contributed by atoms with Crippen LogP contribution in [0.4, 0.5) is 5.69 Å². The van der Waals surface area contributed by atoms with Crippen LogP contribution in [0.25, 0.3) is 28.1 Å². The summed E-state index contributed by atoms with van der Waals surface area (Å²) in [4.78, 5) is 17.0.